The summed E-state index contributed by atoms with van der Waals surface area (Å²) in [6.07, 6.45) is 0. The number of carboxylic acids is 1. The number of hydrogen-bond donors (Lipinski definition) is 2. The largest absolute Gasteiger partial charge is 0.478 e. The van der Waals surface area contributed by atoms with Gasteiger partial charge in [0.05, 0.1) is 5.56 Å². The molecule has 4 nitrogen and oxygen atoms in total. The lowest BCUT2D eigenvalue weighted by molar-refractivity contribution is 0.0697. The third-order valence-electron chi connectivity index (χ3n) is 2.91. The van der Waals surface area contributed by atoms with Gasteiger partial charge in [0.15, 0.2) is 0 Å². The molecule has 1 fully saturated rings. The average molecular weight is 286 g/mol. The molecule has 2 rings (SSSR count). The van der Waals surface area contributed by atoms with Gasteiger partial charge in [-0.05, 0) is 6.07 Å². The first kappa shape index (κ1) is 13.9. The lowest BCUT2D eigenvalue weighted by Crippen LogP contribution is -2.37. The molecule has 2 heterocycles. The molecule has 1 aromatic rings. The van der Waals surface area contributed by atoms with Crippen LogP contribution in [0.1, 0.15) is 15.2 Å². The number of aromatic carboxylic acids is 1. The standard InChI is InChI=1S/C12H18N2O2S2/c15-12(16)10-7-11(18-9-10)8-13-1-2-14-3-5-17-6-4-14/h7,9,13H,1-6,8H2,(H,15,16). The maximum absolute atomic E-state index is 10.7. The summed E-state index contributed by atoms with van der Waals surface area (Å²) in [5, 5.41) is 13.9. The van der Waals surface area contributed by atoms with E-state index in [0.717, 1.165) is 24.5 Å². The number of rotatable bonds is 6. The van der Waals surface area contributed by atoms with Gasteiger partial charge in [-0.1, -0.05) is 0 Å². The molecule has 1 aliphatic rings. The van der Waals surface area contributed by atoms with Gasteiger partial charge in [-0.3, -0.25) is 0 Å². The van der Waals surface area contributed by atoms with Gasteiger partial charge in [-0.2, -0.15) is 11.8 Å². The van der Waals surface area contributed by atoms with Gasteiger partial charge in [0.1, 0.15) is 0 Å². The molecule has 0 spiro atoms. The highest BCUT2D eigenvalue weighted by atomic mass is 32.2. The second-order valence-corrected chi connectivity index (χ2v) is 6.46. The van der Waals surface area contributed by atoms with Gasteiger partial charge < -0.3 is 15.3 Å². The number of carbonyl (C=O) groups is 1. The fourth-order valence-electron chi connectivity index (χ4n) is 1.86. The fourth-order valence-corrected chi connectivity index (χ4v) is 3.67. The molecule has 0 radical (unpaired) electrons. The van der Waals surface area contributed by atoms with Crippen LogP contribution < -0.4 is 5.32 Å². The van der Waals surface area contributed by atoms with E-state index in [1.54, 1.807) is 11.4 Å². The van der Waals surface area contributed by atoms with E-state index in [-0.39, 0.29) is 0 Å². The number of hydrogen-bond acceptors (Lipinski definition) is 5. The van der Waals surface area contributed by atoms with E-state index < -0.39 is 5.97 Å². The molecule has 0 unspecified atom stereocenters. The maximum atomic E-state index is 10.7. The summed E-state index contributed by atoms with van der Waals surface area (Å²) in [6, 6.07) is 1.75. The van der Waals surface area contributed by atoms with E-state index >= 15 is 0 Å². The van der Waals surface area contributed by atoms with Crippen LogP contribution in [0.5, 0.6) is 0 Å². The number of nitrogens with one attached hydrogen (secondary N) is 1. The van der Waals surface area contributed by atoms with Crippen LogP contribution >= 0.6 is 23.1 Å². The van der Waals surface area contributed by atoms with Gasteiger partial charge in [0.25, 0.3) is 0 Å². The van der Waals surface area contributed by atoms with Crippen LogP contribution in [-0.4, -0.2) is 53.7 Å². The average Bonchev–Trinajstić information content (AvgIpc) is 2.85. The molecule has 0 atom stereocenters. The Kier molecular flexibility index (Phi) is 5.49. The Hall–Kier alpha value is -0.560. The van der Waals surface area contributed by atoms with Crippen LogP contribution in [0.2, 0.25) is 0 Å². The predicted molar refractivity (Wildman–Crippen MR) is 76.8 cm³/mol. The Morgan fingerprint density at radius 2 is 2.22 bits per heavy atom. The van der Waals surface area contributed by atoms with Gasteiger partial charge >= 0.3 is 5.97 Å². The monoisotopic (exact) mass is 286 g/mol. The minimum Gasteiger partial charge on any atom is -0.478 e. The van der Waals surface area contributed by atoms with Crippen molar-refractivity contribution < 1.29 is 9.90 Å². The van der Waals surface area contributed by atoms with Gasteiger partial charge in [0, 0.05) is 54.5 Å². The molecule has 1 saturated heterocycles. The molecule has 100 valence electrons. The molecule has 0 amide bonds. The third-order valence-corrected chi connectivity index (χ3v) is 4.79. The topological polar surface area (TPSA) is 52.6 Å². The Bertz CT molecular complexity index is 389. The molecule has 1 aromatic heterocycles. The van der Waals surface area contributed by atoms with Crippen molar-refractivity contribution in [2.75, 3.05) is 37.7 Å². The lowest BCUT2D eigenvalue weighted by atomic mass is 10.3. The zero-order valence-electron chi connectivity index (χ0n) is 10.2. The number of carboxylic acid groups (broad SMARTS) is 1. The van der Waals surface area contributed by atoms with E-state index in [1.165, 1.54) is 35.9 Å². The summed E-state index contributed by atoms with van der Waals surface area (Å²) in [4.78, 5) is 14.3. The number of nitrogens with zero attached hydrogens (tertiary/aromatic N) is 1. The van der Waals surface area contributed by atoms with Crippen molar-refractivity contribution in [2.45, 2.75) is 6.54 Å². The molecular weight excluding hydrogens is 268 g/mol. The Balaban J connectivity index is 1.63. The Morgan fingerprint density at radius 1 is 1.44 bits per heavy atom. The predicted octanol–water partition coefficient (Wildman–Crippen LogP) is 1.58. The van der Waals surface area contributed by atoms with Gasteiger partial charge in [-0.25, -0.2) is 4.79 Å². The summed E-state index contributed by atoms with van der Waals surface area (Å²) in [7, 11) is 0. The molecule has 0 aliphatic carbocycles. The van der Waals surface area contributed by atoms with E-state index in [0.29, 0.717) is 5.56 Å². The molecular formula is C12H18N2O2S2. The summed E-state index contributed by atoms with van der Waals surface area (Å²) >= 11 is 3.53. The summed E-state index contributed by atoms with van der Waals surface area (Å²) < 4.78 is 0. The molecule has 6 heteroatoms. The first-order valence-electron chi connectivity index (χ1n) is 6.07. The third kappa shape index (κ3) is 4.28. The highest BCUT2D eigenvalue weighted by Crippen LogP contribution is 2.14. The zero-order valence-corrected chi connectivity index (χ0v) is 11.9. The van der Waals surface area contributed by atoms with Crippen molar-refractivity contribution in [3.8, 4) is 0 Å². The minimum absolute atomic E-state index is 0.393. The smallest absolute Gasteiger partial charge is 0.336 e. The quantitative estimate of drug-likeness (QED) is 0.778. The van der Waals surface area contributed by atoms with Crippen LogP contribution in [0.25, 0.3) is 0 Å². The van der Waals surface area contributed by atoms with Crippen molar-refractivity contribution in [1.29, 1.82) is 0 Å². The van der Waals surface area contributed by atoms with Gasteiger partial charge in [0.2, 0.25) is 0 Å². The minimum atomic E-state index is -0.844. The van der Waals surface area contributed by atoms with Crippen molar-refractivity contribution >= 4 is 29.1 Å². The van der Waals surface area contributed by atoms with E-state index in [2.05, 4.69) is 10.2 Å². The van der Waals surface area contributed by atoms with Crippen LogP contribution in [0, 0.1) is 0 Å². The van der Waals surface area contributed by atoms with Crippen LogP contribution in [0.3, 0.4) is 0 Å². The van der Waals surface area contributed by atoms with Crippen molar-refractivity contribution in [2.24, 2.45) is 0 Å². The molecule has 18 heavy (non-hydrogen) atoms. The first-order valence-corrected chi connectivity index (χ1v) is 8.10. The first-order chi connectivity index (χ1) is 8.75. The summed E-state index contributed by atoms with van der Waals surface area (Å²) in [5.74, 6) is 1.64. The summed E-state index contributed by atoms with van der Waals surface area (Å²) in [6.45, 7) is 5.19. The van der Waals surface area contributed by atoms with Crippen molar-refractivity contribution in [1.82, 2.24) is 10.2 Å². The SMILES string of the molecule is O=C(O)c1csc(CNCCN2CCSCC2)c1. The maximum Gasteiger partial charge on any atom is 0.336 e. The van der Waals surface area contributed by atoms with E-state index in [4.69, 9.17) is 5.11 Å². The van der Waals surface area contributed by atoms with Crippen LogP contribution in [0.15, 0.2) is 11.4 Å². The second kappa shape index (κ2) is 7.13. The molecule has 2 N–H and O–H groups in total. The molecule has 0 aromatic carbocycles. The number of thioether (sulfide) groups is 1. The molecule has 1 aliphatic heterocycles. The number of thiophene rings is 1. The highest BCUT2D eigenvalue weighted by molar-refractivity contribution is 7.99. The van der Waals surface area contributed by atoms with E-state index in [9.17, 15) is 4.79 Å². The second-order valence-electron chi connectivity index (χ2n) is 4.24. The zero-order chi connectivity index (χ0) is 12.8. The van der Waals surface area contributed by atoms with Crippen molar-refractivity contribution in [3.63, 3.8) is 0 Å². The fraction of sp³-hybridized carbons (Fsp3) is 0.583. The van der Waals surface area contributed by atoms with Crippen LogP contribution in [-0.2, 0) is 6.54 Å². The Morgan fingerprint density at radius 3 is 2.89 bits per heavy atom. The van der Waals surface area contributed by atoms with E-state index in [1.807, 2.05) is 11.8 Å². The van der Waals surface area contributed by atoms with Crippen molar-refractivity contribution in [3.05, 3.63) is 21.9 Å². The molecule has 0 saturated carbocycles. The van der Waals surface area contributed by atoms with Gasteiger partial charge in [-0.15, -0.1) is 11.3 Å². The highest BCUT2D eigenvalue weighted by Gasteiger charge is 2.09. The normalized spacial score (nSPS) is 16.9. The molecule has 0 bridgehead atoms. The Labute approximate surface area is 115 Å². The lowest BCUT2D eigenvalue weighted by Gasteiger charge is -2.25. The van der Waals surface area contributed by atoms with Crippen LogP contribution in [0.4, 0.5) is 0 Å². The summed E-state index contributed by atoms with van der Waals surface area (Å²) in [5.41, 5.74) is 0.393.